The fraction of sp³-hybridized carbons (Fsp3) is 0.364. The van der Waals surface area contributed by atoms with E-state index in [1.165, 1.54) is 41.9 Å². The molecule has 0 saturated carbocycles. The lowest BCUT2D eigenvalue weighted by molar-refractivity contribution is -0.138. The predicted molar refractivity (Wildman–Crippen MR) is 165 cm³/mol. The average Bonchev–Trinajstić information content (AvgIpc) is 3.53. The summed E-state index contributed by atoms with van der Waals surface area (Å²) in [7, 11) is 0. The van der Waals surface area contributed by atoms with Gasteiger partial charge in [-0.05, 0) is 87.1 Å². The fourth-order valence-electron chi connectivity index (χ4n) is 6.31. The number of benzene rings is 2. The second-order valence-electron chi connectivity index (χ2n) is 11.4. The van der Waals surface area contributed by atoms with Crippen molar-refractivity contribution in [1.82, 2.24) is 20.1 Å². The normalized spacial score (nSPS) is 17.7. The van der Waals surface area contributed by atoms with E-state index in [9.17, 15) is 0 Å². The van der Waals surface area contributed by atoms with E-state index in [4.69, 9.17) is 4.74 Å². The van der Waals surface area contributed by atoms with Gasteiger partial charge in [0.1, 0.15) is 33.6 Å². The summed E-state index contributed by atoms with van der Waals surface area (Å²) in [5.74, 6) is -0.734. The molecule has 0 bridgehead atoms. The van der Waals surface area contributed by atoms with Crippen molar-refractivity contribution in [2.45, 2.75) is 38.8 Å². The summed E-state index contributed by atoms with van der Waals surface area (Å²) in [6.07, 6.45) is 3.03. The van der Waals surface area contributed by atoms with Crippen LogP contribution >= 0.6 is 11.3 Å². The zero-order valence-corrected chi connectivity index (χ0v) is 25.2. The van der Waals surface area contributed by atoms with Gasteiger partial charge in [0, 0.05) is 29.6 Å². The van der Waals surface area contributed by atoms with E-state index in [2.05, 4.69) is 27.0 Å². The Labute approximate surface area is 258 Å². The van der Waals surface area contributed by atoms with Gasteiger partial charge in [-0.3, -0.25) is 0 Å². The third-order valence-corrected chi connectivity index (χ3v) is 9.52. The number of thiazole rings is 1. The van der Waals surface area contributed by atoms with Crippen molar-refractivity contribution in [3.8, 4) is 22.1 Å². The molecule has 230 valence electrons. The maximum atomic E-state index is 15.8. The van der Waals surface area contributed by atoms with Crippen LogP contribution < -0.4 is 9.64 Å². The summed E-state index contributed by atoms with van der Waals surface area (Å²) in [5, 5.41) is 9.69. The summed E-state index contributed by atoms with van der Waals surface area (Å²) >= 11 is 1.23. The predicted octanol–water partition coefficient (Wildman–Crippen LogP) is 8.58. The highest BCUT2D eigenvalue weighted by molar-refractivity contribution is 7.13. The third kappa shape index (κ3) is 6.49. The molecule has 2 saturated heterocycles. The Morgan fingerprint density at radius 3 is 2.52 bits per heavy atom. The number of ether oxygens (including phenoxy) is 1. The van der Waals surface area contributed by atoms with Crippen LogP contribution in [0.3, 0.4) is 0 Å². The smallest absolute Gasteiger partial charge is 0.422 e. The lowest BCUT2D eigenvalue weighted by atomic mass is 9.72. The van der Waals surface area contributed by atoms with Gasteiger partial charge in [-0.25, -0.2) is 9.37 Å². The monoisotopic (exact) mass is 623 g/mol. The zero-order chi connectivity index (χ0) is 30.7. The summed E-state index contributed by atoms with van der Waals surface area (Å²) in [6, 6.07) is 12.9. The molecular weight excluding hydrogens is 590 g/mol. The number of hydrogen-bond donors (Lipinski definition) is 0. The van der Waals surface area contributed by atoms with Crippen LogP contribution in [0.5, 0.6) is 11.5 Å². The molecule has 0 radical (unpaired) electrons. The summed E-state index contributed by atoms with van der Waals surface area (Å²) in [6.45, 7) is 5.85. The largest absolute Gasteiger partial charge is 0.457 e. The van der Waals surface area contributed by atoms with Gasteiger partial charge in [0.15, 0.2) is 0 Å². The van der Waals surface area contributed by atoms with Crippen molar-refractivity contribution in [2.24, 2.45) is 5.41 Å². The molecule has 4 heterocycles. The van der Waals surface area contributed by atoms with Crippen molar-refractivity contribution < 1.29 is 22.3 Å². The zero-order valence-electron chi connectivity index (χ0n) is 24.4. The molecule has 2 aliphatic heterocycles. The van der Waals surface area contributed by atoms with E-state index in [0.29, 0.717) is 29.4 Å². The van der Waals surface area contributed by atoms with Crippen LogP contribution in [-0.2, 0) is 6.18 Å². The van der Waals surface area contributed by atoms with E-state index < -0.39 is 17.6 Å². The molecule has 2 aromatic carbocycles. The Balaban J connectivity index is 1.43. The van der Waals surface area contributed by atoms with Crippen LogP contribution in [0.15, 0.2) is 66.3 Å². The molecule has 0 aliphatic carbocycles. The number of halogens is 4. The quantitative estimate of drug-likeness (QED) is 0.192. The van der Waals surface area contributed by atoms with Crippen molar-refractivity contribution in [2.75, 3.05) is 37.6 Å². The number of aromatic nitrogens is 3. The SMILES string of the molecule is CCN1CCC2(CCCN(c3c(/C=C(\F)c4csc(-c5ccnnc5)n4)ccc(Oc4ccccc4)c3C(F)(F)F)C2)CC1. The first-order chi connectivity index (χ1) is 21.2. The number of piperidine rings is 2. The van der Waals surface area contributed by atoms with E-state index in [-0.39, 0.29) is 28.1 Å². The fourth-order valence-corrected chi connectivity index (χ4v) is 7.11. The number of hydrogen-bond acceptors (Lipinski definition) is 7. The van der Waals surface area contributed by atoms with E-state index in [1.807, 2.05) is 4.90 Å². The molecule has 0 unspecified atom stereocenters. The molecule has 6 rings (SSSR count). The highest BCUT2D eigenvalue weighted by Crippen LogP contribution is 2.50. The average molecular weight is 624 g/mol. The third-order valence-electron chi connectivity index (χ3n) is 8.63. The van der Waals surface area contributed by atoms with Gasteiger partial charge in [0.25, 0.3) is 0 Å². The first-order valence-corrected chi connectivity index (χ1v) is 15.7. The van der Waals surface area contributed by atoms with Crippen molar-refractivity contribution >= 4 is 28.9 Å². The van der Waals surface area contributed by atoms with Gasteiger partial charge in [-0.1, -0.05) is 25.1 Å². The van der Waals surface area contributed by atoms with Gasteiger partial charge >= 0.3 is 6.18 Å². The molecule has 6 nitrogen and oxygen atoms in total. The first-order valence-electron chi connectivity index (χ1n) is 14.8. The Morgan fingerprint density at radius 2 is 1.82 bits per heavy atom. The molecule has 0 amide bonds. The molecule has 0 atom stereocenters. The molecule has 2 fully saturated rings. The maximum absolute atomic E-state index is 15.8. The number of para-hydroxylation sites is 1. The van der Waals surface area contributed by atoms with Gasteiger partial charge in [0.2, 0.25) is 0 Å². The maximum Gasteiger partial charge on any atom is 0.422 e. The second kappa shape index (κ2) is 12.6. The van der Waals surface area contributed by atoms with Gasteiger partial charge < -0.3 is 14.5 Å². The van der Waals surface area contributed by atoms with E-state index >= 15 is 17.6 Å². The molecule has 44 heavy (non-hydrogen) atoms. The molecular formula is C33H33F4N5OS. The van der Waals surface area contributed by atoms with Crippen LogP contribution in [0.1, 0.15) is 49.4 Å². The minimum absolute atomic E-state index is 0.0491. The number of rotatable bonds is 7. The van der Waals surface area contributed by atoms with Crippen LogP contribution in [-0.4, -0.2) is 52.8 Å². The first kappa shape index (κ1) is 30.2. The summed E-state index contributed by atoms with van der Waals surface area (Å²) < 4.78 is 66.9. The molecule has 2 aliphatic rings. The van der Waals surface area contributed by atoms with E-state index in [1.54, 1.807) is 41.8 Å². The van der Waals surface area contributed by atoms with Crippen molar-refractivity contribution in [1.29, 1.82) is 0 Å². The minimum atomic E-state index is -4.75. The Kier molecular flexibility index (Phi) is 8.68. The number of anilines is 1. The molecule has 4 aromatic rings. The molecule has 2 aromatic heterocycles. The van der Waals surface area contributed by atoms with Crippen molar-refractivity contribution in [3.63, 3.8) is 0 Å². The van der Waals surface area contributed by atoms with E-state index in [0.717, 1.165) is 45.3 Å². The molecule has 1 spiro atoms. The van der Waals surface area contributed by atoms with Gasteiger partial charge in [-0.2, -0.15) is 23.4 Å². The van der Waals surface area contributed by atoms with Crippen LogP contribution in [0.25, 0.3) is 22.5 Å². The number of likely N-dealkylation sites (tertiary alicyclic amines) is 1. The Bertz CT molecular complexity index is 1600. The standard InChI is InChI=1S/C33H33F4N5OS/c1-2-41-17-13-32(14-18-41)12-6-16-42(22-32)30-23(19-26(34)27-21-44-31(40-27)24-11-15-38-39-20-24)9-10-28(29(30)33(35,36)37)43-25-7-4-3-5-8-25/h3-5,7-11,15,19-21H,2,6,12-14,16-18,22H2,1H3/b26-19-. The lowest BCUT2D eigenvalue weighted by Gasteiger charge is -2.49. The van der Waals surface area contributed by atoms with Gasteiger partial charge in [0.05, 0.1) is 18.1 Å². The minimum Gasteiger partial charge on any atom is -0.457 e. The highest BCUT2D eigenvalue weighted by Gasteiger charge is 2.44. The molecule has 11 heteroatoms. The summed E-state index contributed by atoms with van der Waals surface area (Å²) in [5.41, 5.74) is -0.171. The number of nitrogens with zero attached hydrogens (tertiary/aromatic N) is 5. The Hall–Kier alpha value is -3.83. The van der Waals surface area contributed by atoms with Crippen molar-refractivity contribution in [3.05, 3.63) is 83.1 Å². The highest BCUT2D eigenvalue weighted by atomic mass is 32.1. The Morgan fingerprint density at radius 1 is 1.02 bits per heavy atom. The van der Waals surface area contributed by atoms with Crippen LogP contribution in [0.4, 0.5) is 23.2 Å². The van der Waals surface area contributed by atoms with Gasteiger partial charge in [-0.15, -0.1) is 11.3 Å². The lowest BCUT2D eigenvalue weighted by Crippen LogP contribution is -2.50. The van der Waals surface area contributed by atoms with Crippen LogP contribution in [0, 0.1) is 5.41 Å². The number of alkyl halides is 3. The van der Waals surface area contributed by atoms with Crippen LogP contribution in [0.2, 0.25) is 0 Å². The summed E-state index contributed by atoms with van der Waals surface area (Å²) in [4.78, 5) is 8.59. The topological polar surface area (TPSA) is 54.4 Å². The molecule has 0 N–H and O–H groups in total. The second-order valence-corrected chi connectivity index (χ2v) is 12.3.